The monoisotopic (exact) mass is 320 g/mol. The first-order valence-electron chi connectivity index (χ1n) is 6.92. The van der Waals surface area contributed by atoms with E-state index < -0.39 is 0 Å². The molecular formula is C16H17ClN2O3. The number of non-ortho nitro benzene ring substituents is 1. The highest BCUT2D eigenvalue weighted by Gasteiger charge is 2.10. The van der Waals surface area contributed by atoms with Crippen LogP contribution in [0.25, 0.3) is 0 Å². The number of nitro benzene ring substituents is 1. The normalized spacial score (nSPS) is 11.9. The molecular weight excluding hydrogens is 304 g/mol. The third-order valence-corrected chi connectivity index (χ3v) is 3.47. The Hall–Kier alpha value is -2.11. The van der Waals surface area contributed by atoms with Crippen LogP contribution in [0.2, 0.25) is 5.02 Å². The van der Waals surface area contributed by atoms with Crippen molar-refractivity contribution < 1.29 is 9.66 Å². The van der Waals surface area contributed by atoms with Crippen molar-refractivity contribution in [3.63, 3.8) is 0 Å². The summed E-state index contributed by atoms with van der Waals surface area (Å²) in [4.78, 5) is 10.4. The fourth-order valence-electron chi connectivity index (χ4n) is 2.00. The molecule has 0 saturated heterocycles. The number of hydrogen-bond donors (Lipinski definition) is 1. The van der Waals surface area contributed by atoms with E-state index in [9.17, 15) is 10.1 Å². The van der Waals surface area contributed by atoms with Crippen LogP contribution in [0.1, 0.15) is 18.5 Å². The Kier molecular flexibility index (Phi) is 5.75. The van der Waals surface area contributed by atoms with Crippen molar-refractivity contribution >= 4 is 17.3 Å². The molecule has 5 nitrogen and oxygen atoms in total. The summed E-state index contributed by atoms with van der Waals surface area (Å²) in [6.07, 6.45) is 0. The molecule has 0 aliphatic heterocycles. The minimum absolute atomic E-state index is 0.00807. The van der Waals surface area contributed by atoms with Crippen LogP contribution >= 0.6 is 11.6 Å². The van der Waals surface area contributed by atoms with Crippen molar-refractivity contribution in [1.82, 2.24) is 5.32 Å². The molecule has 0 amide bonds. The van der Waals surface area contributed by atoms with Crippen LogP contribution in [0.5, 0.6) is 5.75 Å². The van der Waals surface area contributed by atoms with E-state index in [0.29, 0.717) is 18.2 Å². The van der Waals surface area contributed by atoms with Gasteiger partial charge in [0, 0.05) is 29.7 Å². The van der Waals surface area contributed by atoms with E-state index in [1.165, 1.54) is 6.07 Å². The van der Waals surface area contributed by atoms with Crippen molar-refractivity contribution in [1.29, 1.82) is 0 Å². The van der Waals surface area contributed by atoms with Crippen molar-refractivity contribution in [3.05, 3.63) is 69.2 Å². The lowest BCUT2D eigenvalue weighted by Crippen LogP contribution is -2.24. The Balaban J connectivity index is 1.80. The first-order chi connectivity index (χ1) is 10.6. The van der Waals surface area contributed by atoms with Crippen LogP contribution in [0, 0.1) is 10.1 Å². The maximum absolute atomic E-state index is 10.8. The summed E-state index contributed by atoms with van der Waals surface area (Å²) in [6, 6.07) is 13.8. The van der Waals surface area contributed by atoms with Crippen LogP contribution < -0.4 is 10.1 Å². The molecule has 0 aliphatic rings. The predicted molar refractivity (Wildman–Crippen MR) is 86.5 cm³/mol. The molecule has 22 heavy (non-hydrogen) atoms. The quantitative estimate of drug-likeness (QED) is 0.476. The number of nitrogens with zero attached hydrogens (tertiary/aromatic N) is 1. The number of rotatable bonds is 7. The van der Waals surface area contributed by atoms with Crippen molar-refractivity contribution in [2.45, 2.75) is 13.0 Å². The Labute approximate surface area is 134 Å². The molecule has 0 heterocycles. The molecule has 1 unspecified atom stereocenters. The molecule has 0 saturated carbocycles. The zero-order valence-corrected chi connectivity index (χ0v) is 12.9. The standard InChI is InChI=1S/C16H17ClN2O3/c1-12(13-3-2-4-15(11-13)19(20)21)18-9-10-22-16-7-5-14(17)6-8-16/h2-8,11-12,18H,9-10H2,1H3. The SMILES string of the molecule is CC(NCCOc1ccc(Cl)cc1)c1cccc([N+](=O)[O-])c1. The smallest absolute Gasteiger partial charge is 0.269 e. The lowest BCUT2D eigenvalue weighted by molar-refractivity contribution is -0.384. The van der Waals surface area contributed by atoms with Gasteiger partial charge in [0.1, 0.15) is 12.4 Å². The van der Waals surface area contributed by atoms with E-state index in [0.717, 1.165) is 11.3 Å². The molecule has 0 aliphatic carbocycles. The second-order valence-corrected chi connectivity index (χ2v) is 5.27. The summed E-state index contributed by atoms with van der Waals surface area (Å²) < 4.78 is 5.58. The molecule has 1 atom stereocenters. The zero-order valence-electron chi connectivity index (χ0n) is 12.2. The van der Waals surface area contributed by atoms with Gasteiger partial charge in [0.25, 0.3) is 5.69 Å². The average molecular weight is 321 g/mol. The Morgan fingerprint density at radius 2 is 2.00 bits per heavy atom. The molecule has 2 aromatic rings. The van der Waals surface area contributed by atoms with Crippen molar-refractivity contribution in [2.75, 3.05) is 13.2 Å². The van der Waals surface area contributed by atoms with E-state index in [2.05, 4.69) is 5.32 Å². The summed E-state index contributed by atoms with van der Waals surface area (Å²) in [5.41, 5.74) is 0.976. The number of nitrogens with one attached hydrogen (secondary N) is 1. The molecule has 0 radical (unpaired) electrons. The third-order valence-electron chi connectivity index (χ3n) is 3.22. The average Bonchev–Trinajstić information content (AvgIpc) is 2.53. The Morgan fingerprint density at radius 1 is 1.27 bits per heavy atom. The van der Waals surface area contributed by atoms with Crippen molar-refractivity contribution in [3.8, 4) is 5.75 Å². The number of hydrogen-bond acceptors (Lipinski definition) is 4. The highest BCUT2D eigenvalue weighted by molar-refractivity contribution is 6.30. The summed E-state index contributed by atoms with van der Waals surface area (Å²) in [6.45, 7) is 3.09. The summed E-state index contributed by atoms with van der Waals surface area (Å²) in [5, 5.41) is 14.7. The van der Waals surface area contributed by atoms with Gasteiger partial charge < -0.3 is 10.1 Å². The van der Waals surface area contributed by atoms with Gasteiger partial charge in [-0.2, -0.15) is 0 Å². The number of halogens is 1. The minimum Gasteiger partial charge on any atom is -0.492 e. The molecule has 2 rings (SSSR count). The van der Waals surface area contributed by atoms with E-state index in [4.69, 9.17) is 16.3 Å². The Bertz CT molecular complexity index is 632. The molecule has 116 valence electrons. The van der Waals surface area contributed by atoms with E-state index in [-0.39, 0.29) is 16.7 Å². The second-order valence-electron chi connectivity index (χ2n) is 4.83. The maximum atomic E-state index is 10.8. The van der Waals surface area contributed by atoms with Gasteiger partial charge in [-0.1, -0.05) is 23.7 Å². The van der Waals surface area contributed by atoms with Crippen LogP contribution in [0.4, 0.5) is 5.69 Å². The summed E-state index contributed by atoms with van der Waals surface area (Å²) in [7, 11) is 0. The van der Waals surface area contributed by atoms with E-state index in [1.54, 1.807) is 24.3 Å². The molecule has 0 fully saturated rings. The van der Waals surface area contributed by atoms with Crippen LogP contribution in [0.3, 0.4) is 0 Å². The second kappa shape index (κ2) is 7.77. The van der Waals surface area contributed by atoms with Crippen LogP contribution in [-0.2, 0) is 0 Å². The number of nitro groups is 1. The number of ether oxygens (including phenoxy) is 1. The van der Waals surface area contributed by atoms with Gasteiger partial charge in [-0.05, 0) is 36.8 Å². The first kappa shape index (κ1) is 16.3. The molecule has 6 heteroatoms. The summed E-state index contributed by atoms with van der Waals surface area (Å²) >= 11 is 5.80. The maximum Gasteiger partial charge on any atom is 0.269 e. The molecule has 0 aromatic heterocycles. The first-order valence-corrected chi connectivity index (χ1v) is 7.30. The Morgan fingerprint density at radius 3 is 2.68 bits per heavy atom. The largest absolute Gasteiger partial charge is 0.492 e. The molecule has 0 spiro atoms. The molecule has 2 aromatic carbocycles. The van der Waals surface area contributed by atoms with Gasteiger partial charge >= 0.3 is 0 Å². The van der Waals surface area contributed by atoms with Crippen molar-refractivity contribution in [2.24, 2.45) is 0 Å². The van der Waals surface area contributed by atoms with Crippen LogP contribution in [-0.4, -0.2) is 18.1 Å². The van der Waals surface area contributed by atoms with Gasteiger partial charge in [-0.15, -0.1) is 0 Å². The van der Waals surface area contributed by atoms with Gasteiger partial charge in [-0.25, -0.2) is 0 Å². The number of benzene rings is 2. The van der Waals surface area contributed by atoms with E-state index >= 15 is 0 Å². The van der Waals surface area contributed by atoms with Gasteiger partial charge in [-0.3, -0.25) is 10.1 Å². The fourth-order valence-corrected chi connectivity index (χ4v) is 2.13. The highest BCUT2D eigenvalue weighted by Crippen LogP contribution is 2.19. The molecule has 0 bridgehead atoms. The minimum atomic E-state index is -0.389. The lowest BCUT2D eigenvalue weighted by atomic mass is 10.1. The van der Waals surface area contributed by atoms with Gasteiger partial charge in [0.05, 0.1) is 4.92 Å². The van der Waals surface area contributed by atoms with Crippen LogP contribution in [0.15, 0.2) is 48.5 Å². The van der Waals surface area contributed by atoms with Gasteiger partial charge in [0.15, 0.2) is 0 Å². The topological polar surface area (TPSA) is 64.4 Å². The third kappa shape index (κ3) is 4.72. The van der Waals surface area contributed by atoms with Gasteiger partial charge in [0.2, 0.25) is 0 Å². The fraction of sp³-hybridized carbons (Fsp3) is 0.250. The summed E-state index contributed by atoms with van der Waals surface area (Å²) in [5.74, 6) is 0.759. The van der Waals surface area contributed by atoms with E-state index in [1.807, 2.05) is 25.1 Å². The predicted octanol–water partition coefficient (Wildman–Crippen LogP) is 3.98. The molecule has 1 N–H and O–H groups in total. The lowest BCUT2D eigenvalue weighted by Gasteiger charge is -2.14. The highest BCUT2D eigenvalue weighted by atomic mass is 35.5. The zero-order chi connectivity index (χ0) is 15.9.